The van der Waals surface area contributed by atoms with Crippen molar-refractivity contribution in [1.82, 2.24) is 5.32 Å². The van der Waals surface area contributed by atoms with E-state index in [0.717, 1.165) is 16.8 Å². The minimum Gasteiger partial charge on any atom is -0.348 e. The Morgan fingerprint density at radius 2 is 1.88 bits per heavy atom. The van der Waals surface area contributed by atoms with Gasteiger partial charge in [0.1, 0.15) is 0 Å². The van der Waals surface area contributed by atoms with Crippen molar-refractivity contribution in [3.63, 3.8) is 0 Å². The lowest BCUT2D eigenvalue weighted by atomic mass is 10.1. The van der Waals surface area contributed by atoms with Gasteiger partial charge in [0, 0.05) is 30.4 Å². The summed E-state index contributed by atoms with van der Waals surface area (Å²) >= 11 is 0. The zero-order valence-corrected chi connectivity index (χ0v) is 13.2. The fourth-order valence-corrected chi connectivity index (χ4v) is 2.59. The molecule has 24 heavy (non-hydrogen) atoms. The van der Waals surface area contributed by atoms with E-state index in [4.69, 9.17) is 0 Å². The summed E-state index contributed by atoms with van der Waals surface area (Å²) in [5.74, 6) is -0.360. The van der Waals surface area contributed by atoms with Crippen molar-refractivity contribution in [1.29, 1.82) is 0 Å². The van der Waals surface area contributed by atoms with Crippen LogP contribution in [0.4, 0.5) is 11.4 Å². The van der Waals surface area contributed by atoms with Crippen molar-refractivity contribution in [2.45, 2.75) is 19.9 Å². The Morgan fingerprint density at radius 3 is 2.58 bits per heavy atom. The van der Waals surface area contributed by atoms with E-state index in [2.05, 4.69) is 16.0 Å². The highest BCUT2D eigenvalue weighted by atomic mass is 16.2. The van der Waals surface area contributed by atoms with Gasteiger partial charge in [-0.2, -0.15) is 0 Å². The third kappa shape index (κ3) is 3.60. The Bertz CT molecular complexity index is 813. The Kier molecular flexibility index (Phi) is 4.29. The van der Waals surface area contributed by atoms with E-state index in [-0.39, 0.29) is 17.7 Å². The van der Waals surface area contributed by atoms with Gasteiger partial charge < -0.3 is 16.0 Å². The van der Waals surface area contributed by atoms with E-state index in [1.54, 1.807) is 24.3 Å². The number of rotatable bonds is 4. The van der Waals surface area contributed by atoms with Gasteiger partial charge in [0.15, 0.2) is 0 Å². The lowest BCUT2D eigenvalue weighted by Gasteiger charge is -2.08. The monoisotopic (exact) mass is 323 g/mol. The van der Waals surface area contributed by atoms with Crippen LogP contribution in [0.5, 0.6) is 0 Å². The third-order valence-corrected chi connectivity index (χ3v) is 3.72. The van der Waals surface area contributed by atoms with Gasteiger partial charge >= 0.3 is 0 Å². The molecule has 3 amide bonds. The maximum atomic E-state index is 12.2. The van der Waals surface area contributed by atoms with E-state index >= 15 is 0 Å². The molecule has 1 aliphatic heterocycles. The zero-order chi connectivity index (χ0) is 17.1. The molecule has 3 N–H and O–H groups in total. The summed E-state index contributed by atoms with van der Waals surface area (Å²) in [6, 6.07) is 12.3. The number of carbonyl (C=O) groups excluding carboxylic acids is 3. The van der Waals surface area contributed by atoms with Gasteiger partial charge in [0.25, 0.3) is 5.91 Å². The first kappa shape index (κ1) is 15.7. The molecule has 2 aromatic carbocycles. The van der Waals surface area contributed by atoms with Crippen LogP contribution >= 0.6 is 0 Å². The second-order valence-electron chi connectivity index (χ2n) is 5.66. The molecule has 0 unspecified atom stereocenters. The summed E-state index contributed by atoms with van der Waals surface area (Å²) in [5.41, 5.74) is 3.89. The first-order valence-corrected chi connectivity index (χ1v) is 7.59. The first-order chi connectivity index (χ1) is 11.5. The molecule has 6 heteroatoms. The Labute approximate surface area is 139 Å². The molecule has 0 aromatic heterocycles. The Balaban J connectivity index is 1.60. The number of amides is 3. The van der Waals surface area contributed by atoms with E-state index in [1.165, 1.54) is 6.92 Å². The predicted molar refractivity (Wildman–Crippen MR) is 90.7 cm³/mol. The molecule has 2 aromatic rings. The Morgan fingerprint density at radius 1 is 1.12 bits per heavy atom. The molecule has 0 spiro atoms. The first-order valence-electron chi connectivity index (χ1n) is 7.59. The standard InChI is InChI=1S/C18H17N3O3/c1-11(22)20-15-5-3-13(4-6-15)18(24)19-10-12-2-7-16-14(8-12)9-17(23)21-16/h2-8H,9-10H2,1H3,(H,19,24)(H,20,22)(H,21,23). The van der Waals surface area contributed by atoms with Crippen molar-refractivity contribution in [3.05, 3.63) is 59.2 Å². The summed E-state index contributed by atoms with van der Waals surface area (Å²) in [6.07, 6.45) is 0.377. The van der Waals surface area contributed by atoms with Crippen LogP contribution in [-0.4, -0.2) is 17.7 Å². The van der Waals surface area contributed by atoms with Crippen molar-refractivity contribution in [2.75, 3.05) is 10.6 Å². The van der Waals surface area contributed by atoms with Crippen LogP contribution in [0.2, 0.25) is 0 Å². The average Bonchev–Trinajstić information content (AvgIpc) is 2.92. The van der Waals surface area contributed by atoms with Crippen molar-refractivity contribution in [2.24, 2.45) is 0 Å². The fraction of sp³-hybridized carbons (Fsp3) is 0.167. The predicted octanol–water partition coefficient (Wildman–Crippen LogP) is 2.07. The molecule has 0 saturated heterocycles. The van der Waals surface area contributed by atoms with Crippen LogP contribution in [0, 0.1) is 0 Å². The van der Waals surface area contributed by atoms with Crippen LogP contribution in [0.25, 0.3) is 0 Å². The molecular weight excluding hydrogens is 306 g/mol. The molecule has 0 bridgehead atoms. The van der Waals surface area contributed by atoms with E-state index < -0.39 is 0 Å². The van der Waals surface area contributed by atoms with E-state index in [9.17, 15) is 14.4 Å². The second-order valence-corrected chi connectivity index (χ2v) is 5.66. The Hall–Kier alpha value is -3.15. The van der Waals surface area contributed by atoms with Gasteiger partial charge in [-0.05, 0) is 41.5 Å². The second kappa shape index (κ2) is 6.54. The number of fused-ring (bicyclic) bond motifs is 1. The largest absolute Gasteiger partial charge is 0.348 e. The summed E-state index contributed by atoms with van der Waals surface area (Å²) in [7, 11) is 0. The van der Waals surface area contributed by atoms with E-state index in [0.29, 0.717) is 24.2 Å². The van der Waals surface area contributed by atoms with Gasteiger partial charge in [-0.25, -0.2) is 0 Å². The average molecular weight is 323 g/mol. The van der Waals surface area contributed by atoms with E-state index in [1.807, 2.05) is 18.2 Å². The molecule has 0 saturated carbocycles. The zero-order valence-electron chi connectivity index (χ0n) is 13.2. The number of carbonyl (C=O) groups is 3. The molecule has 122 valence electrons. The fourth-order valence-electron chi connectivity index (χ4n) is 2.59. The van der Waals surface area contributed by atoms with Gasteiger partial charge in [-0.1, -0.05) is 12.1 Å². The topological polar surface area (TPSA) is 87.3 Å². The molecule has 1 aliphatic rings. The van der Waals surface area contributed by atoms with Crippen molar-refractivity contribution < 1.29 is 14.4 Å². The molecule has 0 aliphatic carbocycles. The number of benzene rings is 2. The quantitative estimate of drug-likeness (QED) is 0.805. The molecule has 0 fully saturated rings. The number of anilines is 2. The van der Waals surface area contributed by atoms with Crippen LogP contribution in [-0.2, 0) is 22.6 Å². The molecule has 1 heterocycles. The highest BCUT2D eigenvalue weighted by molar-refractivity contribution is 5.99. The smallest absolute Gasteiger partial charge is 0.251 e. The van der Waals surface area contributed by atoms with Gasteiger partial charge in [-0.15, -0.1) is 0 Å². The number of hydrogen-bond donors (Lipinski definition) is 3. The maximum Gasteiger partial charge on any atom is 0.251 e. The van der Waals surface area contributed by atoms with Crippen LogP contribution in [0.15, 0.2) is 42.5 Å². The van der Waals surface area contributed by atoms with Gasteiger partial charge in [0.2, 0.25) is 11.8 Å². The highest BCUT2D eigenvalue weighted by Crippen LogP contribution is 2.23. The minimum atomic E-state index is -0.195. The van der Waals surface area contributed by atoms with Gasteiger partial charge in [0.05, 0.1) is 6.42 Å². The van der Waals surface area contributed by atoms with Crippen LogP contribution in [0.1, 0.15) is 28.4 Å². The van der Waals surface area contributed by atoms with Crippen molar-refractivity contribution in [3.8, 4) is 0 Å². The normalized spacial score (nSPS) is 12.3. The minimum absolute atomic E-state index is 0.00885. The molecule has 0 atom stereocenters. The number of nitrogens with one attached hydrogen (secondary N) is 3. The lowest BCUT2D eigenvalue weighted by molar-refractivity contribution is -0.115. The summed E-state index contributed by atoms with van der Waals surface area (Å²) in [5, 5.41) is 8.28. The molecule has 3 rings (SSSR count). The maximum absolute atomic E-state index is 12.2. The summed E-state index contributed by atoms with van der Waals surface area (Å²) in [4.78, 5) is 34.5. The molecule has 6 nitrogen and oxygen atoms in total. The third-order valence-electron chi connectivity index (χ3n) is 3.72. The van der Waals surface area contributed by atoms with Gasteiger partial charge in [-0.3, -0.25) is 14.4 Å². The van der Waals surface area contributed by atoms with Crippen LogP contribution in [0.3, 0.4) is 0 Å². The highest BCUT2D eigenvalue weighted by Gasteiger charge is 2.17. The van der Waals surface area contributed by atoms with Crippen LogP contribution < -0.4 is 16.0 Å². The lowest BCUT2D eigenvalue weighted by Crippen LogP contribution is -2.22. The molecular formula is C18H17N3O3. The number of hydrogen-bond acceptors (Lipinski definition) is 3. The SMILES string of the molecule is CC(=O)Nc1ccc(C(=O)NCc2ccc3c(c2)CC(=O)N3)cc1. The summed E-state index contributed by atoms with van der Waals surface area (Å²) in [6.45, 7) is 1.81. The van der Waals surface area contributed by atoms with Crippen molar-refractivity contribution >= 4 is 29.1 Å². The summed E-state index contributed by atoms with van der Waals surface area (Å²) < 4.78 is 0. The molecule has 0 radical (unpaired) electrons.